The van der Waals surface area contributed by atoms with E-state index in [2.05, 4.69) is 0 Å². The number of hydrogen-bond donors (Lipinski definition) is 1. The van der Waals surface area contributed by atoms with E-state index in [0.717, 1.165) is 18.4 Å². The molecule has 0 spiro atoms. The summed E-state index contributed by atoms with van der Waals surface area (Å²) in [5.74, 6) is 0.737. The second-order valence-corrected chi connectivity index (χ2v) is 3.79. The third-order valence-electron chi connectivity index (χ3n) is 2.28. The van der Waals surface area contributed by atoms with Crippen molar-refractivity contribution in [3.05, 3.63) is 35.9 Å². The Bertz CT molecular complexity index is 408. The minimum atomic E-state index is 0.0608. The van der Waals surface area contributed by atoms with Crippen LogP contribution in [0.4, 0.5) is 0 Å². The highest BCUT2D eigenvalue weighted by Gasteiger charge is 2.02. The first-order valence-electron chi connectivity index (χ1n) is 5.75. The lowest BCUT2D eigenvalue weighted by molar-refractivity contribution is -0.112. The van der Waals surface area contributed by atoms with Crippen LogP contribution in [0, 0.1) is 0 Å². The SMILES string of the molecule is CCOc1cc(CCC=CC(C)=O)ccc1O. The average Bonchev–Trinajstić information content (AvgIpc) is 2.28. The Kier molecular flexibility index (Phi) is 5.27. The third-order valence-corrected chi connectivity index (χ3v) is 2.28. The summed E-state index contributed by atoms with van der Waals surface area (Å²) in [4.78, 5) is 10.7. The molecule has 0 heterocycles. The Morgan fingerprint density at radius 1 is 1.47 bits per heavy atom. The first-order valence-corrected chi connectivity index (χ1v) is 5.75. The van der Waals surface area contributed by atoms with Gasteiger partial charge in [-0.15, -0.1) is 0 Å². The van der Waals surface area contributed by atoms with Crippen LogP contribution < -0.4 is 4.74 Å². The van der Waals surface area contributed by atoms with Gasteiger partial charge in [-0.2, -0.15) is 0 Å². The molecule has 0 fully saturated rings. The highest BCUT2D eigenvalue weighted by atomic mass is 16.5. The summed E-state index contributed by atoms with van der Waals surface area (Å²) in [5, 5.41) is 9.53. The van der Waals surface area contributed by atoms with Gasteiger partial charge in [0.2, 0.25) is 0 Å². The summed E-state index contributed by atoms with van der Waals surface area (Å²) in [7, 11) is 0. The van der Waals surface area contributed by atoms with Crippen LogP contribution in [-0.4, -0.2) is 17.5 Å². The molecule has 0 radical (unpaired) electrons. The number of ether oxygens (including phenoxy) is 1. The van der Waals surface area contributed by atoms with Gasteiger partial charge in [-0.25, -0.2) is 0 Å². The van der Waals surface area contributed by atoms with Gasteiger partial charge in [0.15, 0.2) is 17.3 Å². The predicted octanol–water partition coefficient (Wildman–Crippen LogP) is 2.87. The Balaban J connectivity index is 2.59. The molecule has 0 aliphatic heterocycles. The van der Waals surface area contributed by atoms with Crippen molar-refractivity contribution in [3.8, 4) is 11.5 Å². The van der Waals surface area contributed by atoms with Gasteiger partial charge in [-0.3, -0.25) is 4.79 Å². The zero-order valence-corrected chi connectivity index (χ0v) is 10.3. The average molecular weight is 234 g/mol. The topological polar surface area (TPSA) is 46.5 Å². The molecule has 92 valence electrons. The Hall–Kier alpha value is -1.77. The fraction of sp³-hybridized carbons (Fsp3) is 0.357. The zero-order chi connectivity index (χ0) is 12.7. The molecular weight excluding hydrogens is 216 g/mol. The van der Waals surface area contributed by atoms with Crippen molar-refractivity contribution < 1.29 is 14.6 Å². The predicted molar refractivity (Wildman–Crippen MR) is 67.4 cm³/mol. The monoisotopic (exact) mass is 234 g/mol. The first kappa shape index (κ1) is 13.3. The maximum absolute atomic E-state index is 10.7. The number of aromatic hydroxyl groups is 1. The van der Waals surface area contributed by atoms with E-state index in [-0.39, 0.29) is 11.5 Å². The van der Waals surface area contributed by atoms with Gasteiger partial charge >= 0.3 is 0 Å². The van der Waals surface area contributed by atoms with Gasteiger partial charge in [0.05, 0.1) is 6.61 Å². The highest BCUT2D eigenvalue weighted by molar-refractivity contribution is 5.87. The summed E-state index contributed by atoms with van der Waals surface area (Å²) in [6.45, 7) is 3.94. The summed E-state index contributed by atoms with van der Waals surface area (Å²) in [6, 6.07) is 5.33. The number of ketones is 1. The number of hydrogen-bond acceptors (Lipinski definition) is 3. The van der Waals surface area contributed by atoms with Crippen LogP contribution in [-0.2, 0) is 11.2 Å². The summed E-state index contributed by atoms with van der Waals surface area (Å²) in [6.07, 6.45) is 5.06. The number of phenols is 1. The van der Waals surface area contributed by atoms with E-state index in [1.165, 1.54) is 6.92 Å². The van der Waals surface area contributed by atoms with Crippen molar-refractivity contribution in [3.63, 3.8) is 0 Å². The molecule has 1 rings (SSSR count). The van der Waals surface area contributed by atoms with E-state index in [0.29, 0.717) is 12.4 Å². The van der Waals surface area contributed by atoms with Crippen LogP contribution >= 0.6 is 0 Å². The van der Waals surface area contributed by atoms with Crippen molar-refractivity contribution in [1.82, 2.24) is 0 Å². The van der Waals surface area contributed by atoms with Gasteiger partial charge in [0.25, 0.3) is 0 Å². The number of carbonyl (C=O) groups excluding carboxylic acids is 1. The van der Waals surface area contributed by atoms with Crippen molar-refractivity contribution in [2.75, 3.05) is 6.61 Å². The lowest BCUT2D eigenvalue weighted by atomic mass is 10.1. The zero-order valence-electron chi connectivity index (χ0n) is 10.3. The molecule has 0 aromatic heterocycles. The van der Waals surface area contributed by atoms with Crippen LogP contribution in [0.1, 0.15) is 25.8 Å². The first-order chi connectivity index (χ1) is 8.13. The number of allylic oxidation sites excluding steroid dienone is 2. The lowest BCUT2D eigenvalue weighted by Gasteiger charge is -2.07. The summed E-state index contributed by atoms with van der Waals surface area (Å²) < 4.78 is 5.30. The second-order valence-electron chi connectivity index (χ2n) is 3.79. The molecule has 17 heavy (non-hydrogen) atoms. The maximum atomic E-state index is 10.7. The van der Waals surface area contributed by atoms with E-state index in [9.17, 15) is 9.90 Å². The molecule has 0 saturated carbocycles. The Morgan fingerprint density at radius 3 is 2.88 bits per heavy atom. The molecule has 1 aromatic carbocycles. The van der Waals surface area contributed by atoms with Gasteiger partial charge in [0, 0.05) is 0 Å². The maximum Gasteiger partial charge on any atom is 0.161 e. The number of phenolic OH excluding ortho intramolecular Hbond substituents is 1. The van der Waals surface area contributed by atoms with Crippen LogP contribution in [0.15, 0.2) is 30.4 Å². The van der Waals surface area contributed by atoms with Crippen molar-refractivity contribution in [2.45, 2.75) is 26.7 Å². The molecule has 0 aliphatic carbocycles. The van der Waals surface area contributed by atoms with Crippen LogP contribution in [0.3, 0.4) is 0 Å². The molecule has 1 aromatic rings. The molecule has 0 bridgehead atoms. The van der Waals surface area contributed by atoms with E-state index in [4.69, 9.17) is 4.74 Å². The summed E-state index contributed by atoms with van der Waals surface area (Å²) in [5.41, 5.74) is 1.08. The summed E-state index contributed by atoms with van der Waals surface area (Å²) >= 11 is 0. The molecule has 0 aliphatic rings. The largest absolute Gasteiger partial charge is 0.504 e. The van der Waals surface area contributed by atoms with Crippen molar-refractivity contribution in [2.24, 2.45) is 0 Å². The van der Waals surface area contributed by atoms with E-state index in [1.807, 2.05) is 25.1 Å². The lowest BCUT2D eigenvalue weighted by Crippen LogP contribution is -1.93. The van der Waals surface area contributed by atoms with Crippen LogP contribution in [0.5, 0.6) is 11.5 Å². The Morgan fingerprint density at radius 2 is 2.24 bits per heavy atom. The third kappa shape index (κ3) is 4.72. The number of carbonyl (C=O) groups is 1. The smallest absolute Gasteiger partial charge is 0.161 e. The minimum absolute atomic E-state index is 0.0608. The van der Waals surface area contributed by atoms with Crippen molar-refractivity contribution in [1.29, 1.82) is 0 Å². The number of aryl methyl sites for hydroxylation is 1. The van der Waals surface area contributed by atoms with Gasteiger partial charge < -0.3 is 9.84 Å². The van der Waals surface area contributed by atoms with Gasteiger partial charge in [0.1, 0.15) is 0 Å². The van der Waals surface area contributed by atoms with Crippen LogP contribution in [0.25, 0.3) is 0 Å². The molecule has 0 unspecified atom stereocenters. The number of benzene rings is 1. The minimum Gasteiger partial charge on any atom is -0.504 e. The van der Waals surface area contributed by atoms with E-state index < -0.39 is 0 Å². The van der Waals surface area contributed by atoms with Crippen LogP contribution in [0.2, 0.25) is 0 Å². The van der Waals surface area contributed by atoms with Gasteiger partial charge in [-0.05, 0) is 50.5 Å². The molecule has 3 nitrogen and oxygen atoms in total. The number of rotatable bonds is 6. The Labute approximate surface area is 102 Å². The van der Waals surface area contributed by atoms with E-state index in [1.54, 1.807) is 12.1 Å². The highest BCUT2D eigenvalue weighted by Crippen LogP contribution is 2.27. The second kappa shape index (κ2) is 6.74. The molecule has 0 saturated heterocycles. The molecule has 0 amide bonds. The molecule has 0 atom stereocenters. The standard InChI is InChI=1S/C14H18O3/c1-3-17-14-10-12(8-9-13(14)16)7-5-4-6-11(2)15/h4,6,8-10,16H,3,5,7H2,1-2H3. The normalized spacial score (nSPS) is 10.7. The molecule has 3 heteroatoms. The molecular formula is C14H18O3. The van der Waals surface area contributed by atoms with Crippen molar-refractivity contribution >= 4 is 5.78 Å². The molecule has 1 N–H and O–H groups in total. The van der Waals surface area contributed by atoms with Gasteiger partial charge in [-0.1, -0.05) is 12.1 Å². The van der Waals surface area contributed by atoms with E-state index >= 15 is 0 Å². The fourth-order valence-corrected chi connectivity index (χ4v) is 1.48. The quantitative estimate of drug-likeness (QED) is 0.770. The fourth-order valence-electron chi connectivity index (χ4n) is 1.48.